The van der Waals surface area contributed by atoms with Crippen molar-refractivity contribution in [2.75, 3.05) is 6.26 Å². The van der Waals surface area contributed by atoms with E-state index in [0.717, 1.165) is 16.2 Å². The maximum atomic E-state index is 12.0. The highest BCUT2D eigenvalue weighted by Crippen LogP contribution is 2.35. The van der Waals surface area contributed by atoms with Gasteiger partial charge < -0.3 is 5.11 Å². The lowest BCUT2D eigenvalue weighted by Crippen LogP contribution is -2.25. The molecule has 0 saturated heterocycles. The average molecular weight is 316 g/mol. The Hall–Kier alpha value is -2.34. The Morgan fingerprint density at radius 2 is 1.73 bits per heavy atom. The molecule has 1 aliphatic heterocycles. The standard InChI is InChI=1S/C16H16N2O3S/c1-22(20,21)18-15(12-7-3-2-4-8-12)11-14(17-18)13-9-5-6-10-16(13)19/h2-10,15,19H,11H2,1H3. The van der Waals surface area contributed by atoms with E-state index in [4.69, 9.17) is 0 Å². The molecule has 5 nitrogen and oxygen atoms in total. The molecule has 2 aromatic rings. The summed E-state index contributed by atoms with van der Waals surface area (Å²) in [7, 11) is -3.49. The van der Waals surface area contributed by atoms with Gasteiger partial charge >= 0.3 is 0 Å². The number of benzene rings is 2. The largest absolute Gasteiger partial charge is 0.507 e. The minimum absolute atomic E-state index is 0.100. The van der Waals surface area contributed by atoms with Crippen LogP contribution in [0.15, 0.2) is 59.7 Å². The highest BCUT2D eigenvalue weighted by Gasteiger charge is 2.34. The van der Waals surface area contributed by atoms with Crippen LogP contribution in [0.3, 0.4) is 0 Å². The molecule has 1 aliphatic rings. The molecule has 0 amide bonds. The molecule has 6 heteroatoms. The zero-order valence-electron chi connectivity index (χ0n) is 12.0. The van der Waals surface area contributed by atoms with E-state index in [1.807, 2.05) is 30.3 Å². The highest BCUT2D eigenvalue weighted by atomic mass is 32.2. The molecule has 0 aliphatic carbocycles. The van der Waals surface area contributed by atoms with Crippen molar-refractivity contribution in [3.8, 4) is 5.75 Å². The van der Waals surface area contributed by atoms with Crippen molar-refractivity contribution >= 4 is 15.7 Å². The van der Waals surface area contributed by atoms with Gasteiger partial charge in [-0.15, -0.1) is 0 Å². The number of para-hydroxylation sites is 1. The van der Waals surface area contributed by atoms with Gasteiger partial charge in [-0.1, -0.05) is 42.5 Å². The number of hydrazone groups is 1. The Kier molecular flexibility index (Phi) is 3.62. The third-order valence-electron chi connectivity index (χ3n) is 3.61. The van der Waals surface area contributed by atoms with E-state index in [-0.39, 0.29) is 11.8 Å². The van der Waals surface area contributed by atoms with Gasteiger partial charge in [-0.05, 0) is 17.7 Å². The lowest BCUT2D eigenvalue weighted by Gasteiger charge is -2.21. The second-order valence-corrected chi connectivity index (χ2v) is 7.07. The number of nitrogens with zero attached hydrogens (tertiary/aromatic N) is 2. The van der Waals surface area contributed by atoms with Gasteiger partial charge in [0.05, 0.1) is 18.0 Å². The molecule has 2 aromatic carbocycles. The number of phenols is 1. The first-order valence-corrected chi connectivity index (χ1v) is 8.72. The molecule has 0 aromatic heterocycles. The number of hydrogen-bond acceptors (Lipinski definition) is 4. The maximum Gasteiger partial charge on any atom is 0.247 e. The third kappa shape index (κ3) is 2.69. The van der Waals surface area contributed by atoms with E-state index in [0.29, 0.717) is 17.7 Å². The third-order valence-corrected chi connectivity index (χ3v) is 4.63. The van der Waals surface area contributed by atoms with Crippen LogP contribution in [0, 0.1) is 0 Å². The molecule has 0 spiro atoms. The summed E-state index contributed by atoms with van der Waals surface area (Å²) in [4.78, 5) is 0. The SMILES string of the molecule is CS(=O)(=O)N1N=C(c2ccccc2O)CC1c1ccccc1. The van der Waals surface area contributed by atoms with Crippen LogP contribution in [0.5, 0.6) is 5.75 Å². The minimum Gasteiger partial charge on any atom is -0.507 e. The fourth-order valence-corrected chi connectivity index (χ4v) is 3.50. The monoisotopic (exact) mass is 316 g/mol. The van der Waals surface area contributed by atoms with Crippen LogP contribution >= 0.6 is 0 Å². The summed E-state index contributed by atoms with van der Waals surface area (Å²) >= 11 is 0. The zero-order valence-corrected chi connectivity index (χ0v) is 12.9. The predicted octanol–water partition coefficient (Wildman–Crippen LogP) is 2.50. The minimum atomic E-state index is -3.49. The Labute approximate surface area is 129 Å². The van der Waals surface area contributed by atoms with E-state index < -0.39 is 10.0 Å². The molecule has 0 saturated carbocycles. The van der Waals surface area contributed by atoms with Gasteiger partial charge in [-0.25, -0.2) is 8.42 Å². The lowest BCUT2D eigenvalue weighted by atomic mass is 9.99. The van der Waals surface area contributed by atoms with Gasteiger partial charge in [-0.3, -0.25) is 0 Å². The number of phenolic OH excluding ortho intramolecular Hbond substituents is 1. The molecule has 1 atom stereocenters. The first kappa shape index (κ1) is 14.6. The van der Waals surface area contributed by atoms with Gasteiger partial charge in [-0.2, -0.15) is 9.52 Å². The normalized spacial score (nSPS) is 18.3. The van der Waals surface area contributed by atoms with Crippen molar-refractivity contribution in [2.24, 2.45) is 5.10 Å². The van der Waals surface area contributed by atoms with Crippen LogP contribution in [0.1, 0.15) is 23.6 Å². The second kappa shape index (κ2) is 5.46. The molecule has 22 heavy (non-hydrogen) atoms. The molecular formula is C16H16N2O3S. The Morgan fingerprint density at radius 1 is 1.09 bits per heavy atom. The summed E-state index contributed by atoms with van der Waals surface area (Å²) in [6, 6.07) is 15.8. The van der Waals surface area contributed by atoms with Crippen molar-refractivity contribution in [3.63, 3.8) is 0 Å². The summed E-state index contributed by atoms with van der Waals surface area (Å²) < 4.78 is 25.2. The number of rotatable bonds is 3. The van der Waals surface area contributed by atoms with Gasteiger partial charge in [0.25, 0.3) is 0 Å². The van der Waals surface area contributed by atoms with Crippen LogP contribution in [-0.2, 0) is 10.0 Å². The first-order chi connectivity index (χ1) is 10.5. The van der Waals surface area contributed by atoms with Crippen LogP contribution < -0.4 is 0 Å². The van der Waals surface area contributed by atoms with Crippen LogP contribution in [0.25, 0.3) is 0 Å². The average Bonchev–Trinajstić information content (AvgIpc) is 2.94. The molecule has 0 radical (unpaired) electrons. The van der Waals surface area contributed by atoms with Crippen molar-refractivity contribution in [1.29, 1.82) is 0 Å². The van der Waals surface area contributed by atoms with Gasteiger partial charge in [0.15, 0.2) is 0 Å². The van der Waals surface area contributed by atoms with Crippen LogP contribution in [0.2, 0.25) is 0 Å². The fourth-order valence-electron chi connectivity index (χ4n) is 2.60. The van der Waals surface area contributed by atoms with E-state index in [9.17, 15) is 13.5 Å². The van der Waals surface area contributed by atoms with E-state index in [2.05, 4.69) is 5.10 Å². The topological polar surface area (TPSA) is 70.0 Å². The fraction of sp³-hybridized carbons (Fsp3) is 0.188. The van der Waals surface area contributed by atoms with Gasteiger partial charge in [0.1, 0.15) is 5.75 Å². The summed E-state index contributed by atoms with van der Waals surface area (Å²) in [6.07, 6.45) is 1.56. The van der Waals surface area contributed by atoms with E-state index in [1.54, 1.807) is 24.3 Å². The number of hydrogen-bond donors (Lipinski definition) is 1. The molecule has 1 N–H and O–H groups in total. The van der Waals surface area contributed by atoms with E-state index >= 15 is 0 Å². The zero-order chi connectivity index (χ0) is 15.7. The summed E-state index contributed by atoms with van der Waals surface area (Å²) in [5.74, 6) is 0.100. The summed E-state index contributed by atoms with van der Waals surface area (Å²) in [6.45, 7) is 0. The second-order valence-electron chi connectivity index (χ2n) is 5.23. The van der Waals surface area contributed by atoms with Crippen LogP contribution in [-0.4, -0.2) is 29.9 Å². The van der Waals surface area contributed by atoms with Crippen molar-refractivity contribution in [2.45, 2.75) is 12.5 Å². The predicted molar refractivity (Wildman–Crippen MR) is 85.1 cm³/mol. The molecule has 1 unspecified atom stereocenters. The van der Waals surface area contributed by atoms with E-state index in [1.165, 1.54) is 0 Å². The lowest BCUT2D eigenvalue weighted by molar-refractivity contribution is 0.375. The Morgan fingerprint density at radius 3 is 2.36 bits per heavy atom. The van der Waals surface area contributed by atoms with Crippen molar-refractivity contribution in [1.82, 2.24) is 4.41 Å². The number of sulfonamides is 1. The molecule has 1 heterocycles. The Balaban J connectivity index is 2.04. The summed E-state index contributed by atoms with van der Waals surface area (Å²) in [5, 5.41) is 14.2. The first-order valence-electron chi connectivity index (χ1n) is 6.87. The highest BCUT2D eigenvalue weighted by molar-refractivity contribution is 7.88. The number of aromatic hydroxyl groups is 1. The maximum absolute atomic E-state index is 12.0. The Bertz CT molecular complexity index is 816. The quantitative estimate of drug-likeness (QED) is 0.946. The van der Waals surface area contributed by atoms with Crippen LogP contribution in [0.4, 0.5) is 0 Å². The molecule has 114 valence electrons. The van der Waals surface area contributed by atoms with Crippen molar-refractivity contribution < 1.29 is 13.5 Å². The smallest absolute Gasteiger partial charge is 0.247 e. The van der Waals surface area contributed by atoms with Gasteiger partial charge in [0, 0.05) is 12.0 Å². The molecule has 0 bridgehead atoms. The van der Waals surface area contributed by atoms with Crippen molar-refractivity contribution in [3.05, 3.63) is 65.7 Å². The van der Waals surface area contributed by atoms with Gasteiger partial charge in [0.2, 0.25) is 10.0 Å². The molecule has 3 rings (SSSR count). The molecule has 0 fully saturated rings. The summed E-state index contributed by atoms with van der Waals surface area (Å²) in [5.41, 5.74) is 2.01. The molecular weight excluding hydrogens is 300 g/mol.